The molecule has 0 fully saturated rings. The first-order valence-corrected chi connectivity index (χ1v) is 8.70. The molecule has 0 heterocycles. The predicted octanol–water partition coefficient (Wildman–Crippen LogP) is 5.15. The minimum absolute atomic E-state index is 0.0798. The molecule has 3 aromatic rings. The minimum atomic E-state index is 0.0798. The summed E-state index contributed by atoms with van der Waals surface area (Å²) in [6, 6.07) is 25.1. The molecule has 2 N–H and O–H groups in total. The smallest absolute Gasteiger partial charge is 0.154 e. The van der Waals surface area contributed by atoms with E-state index in [-0.39, 0.29) is 6.04 Å². The first-order valence-electron chi connectivity index (χ1n) is 7.71. The average molecular weight is 320 g/mol. The van der Waals surface area contributed by atoms with Crippen molar-refractivity contribution >= 4 is 27.7 Å². The molecule has 0 spiro atoms. The first kappa shape index (κ1) is 15.6. The molecule has 0 bridgehead atoms. The Labute approximate surface area is 141 Å². The maximum absolute atomic E-state index is 6.12. The second-order valence-electron chi connectivity index (χ2n) is 5.48. The third-order valence-electron chi connectivity index (χ3n) is 3.86. The summed E-state index contributed by atoms with van der Waals surface area (Å²) < 4.78 is 0. The molecule has 0 aliphatic rings. The van der Waals surface area contributed by atoms with Gasteiger partial charge in [0.1, 0.15) is 0 Å². The second kappa shape index (κ2) is 7.34. The summed E-state index contributed by atoms with van der Waals surface area (Å²) in [5.41, 5.74) is 8.59. The summed E-state index contributed by atoms with van der Waals surface area (Å²) in [5.74, 6) is 0.832. The van der Waals surface area contributed by atoms with Gasteiger partial charge in [0, 0.05) is 5.75 Å². The molecule has 0 unspecified atom stereocenters. The Balaban J connectivity index is 1.71. The molecule has 0 amide bonds. The van der Waals surface area contributed by atoms with Crippen LogP contribution < -0.4 is 5.73 Å². The van der Waals surface area contributed by atoms with Gasteiger partial charge in [-0.1, -0.05) is 84.6 Å². The number of rotatable bonds is 4. The van der Waals surface area contributed by atoms with Gasteiger partial charge >= 0.3 is 0 Å². The number of fused-ring (bicyclic) bond motifs is 1. The highest BCUT2D eigenvalue weighted by atomic mass is 32.2. The molecule has 0 saturated heterocycles. The van der Waals surface area contributed by atoms with E-state index in [0.29, 0.717) is 5.17 Å². The lowest BCUT2D eigenvalue weighted by Gasteiger charge is -2.09. The molecule has 0 saturated carbocycles. The van der Waals surface area contributed by atoms with Gasteiger partial charge in [-0.05, 0) is 28.8 Å². The van der Waals surface area contributed by atoms with Crippen LogP contribution in [0.2, 0.25) is 0 Å². The third-order valence-corrected chi connectivity index (χ3v) is 4.71. The van der Waals surface area contributed by atoms with Crippen LogP contribution in [0.5, 0.6) is 0 Å². The summed E-state index contributed by atoms with van der Waals surface area (Å²) in [4.78, 5) is 4.60. The van der Waals surface area contributed by atoms with Crippen molar-refractivity contribution < 1.29 is 0 Å². The monoisotopic (exact) mass is 320 g/mol. The highest BCUT2D eigenvalue weighted by Crippen LogP contribution is 2.24. The number of aliphatic imine (C=N–C) groups is 1. The van der Waals surface area contributed by atoms with Crippen LogP contribution in [0.1, 0.15) is 24.1 Å². The van der Waals surface area contributed by atoms with Crippen LogP contribution in [0.3, 0.4) is 0 Å². The maximum atomic E-state index is 6.12. The van der Waals surface area contributed by atoms with Crippen LogP contribution in [-0.2, 0) is 5.75 Å². The molecule has 3 rings (SSSR count). The van der Waals surface area contributed by atoms with Gasteiger partial charge in [0.05, 0.1) is 6.04 Å². The van der Waals surface area contributed by atoms with Gasteiger partial charge in [-0.3, -0.25) is 4.99 Å². The minimum Gasteiger partial charge on any atom is -0.379 e. The molecule has 23 heavy (non-hydrogen) atoms. The van der Waals surface area contributed by atoms with Crippen LogP contribution in [0.4, 0.5) is 0 Å². The van der Waals surface area contributed by atoms with E-state index < -0.39 is 0 Å². The molecular weight excluding hydrogens is 300 g/mol. The fourth-order valence-corrected chi connectivity index (χ4v) is 3.39. The summed E-state index contributed by atoms with van der Waals surface area (Å²) in [5, 5.41) is 3.18. The zero-order valence-electron chi connectivity index (χ0n) is 13.1. The highest BCUT2D eigenvalue weighted by Gasteiger charge is 2.05. The Hall–Kier alpha value is -2.26. The lowest BCUT2D eigenvalue weighted by Crippen LogP contribution is -2.09. The van der Waals surface area contributed by atoms with E-state index in [1.165, 1.54) is 21.9 Å². The molecule has 2 nitrogen and oxygen atoms in total. The van der Waals surface area contributed by atoms with E-state index in [1.807, 2.05) is 18.2 Å². The first-order chi connectivity index (χ1) is 11.2. The van der Waals surface area contributed by atoms with Crippen molar-refractivity contribution in [2.75, 3.05) is 0 Å². The Bertz CT molecular complexity index is 807. The Kier molecular flexibility index (Phi) is 4.99. The quantitative estimate of drug-likeness (QED) is 0.533. The maximum Gasteiger partial charge on any atom is 0.154 e. The van der Waals surface area contributed by atoms with Crippen molar-refractivity contribution in [2.24, 2.45) is 10.7 Å². The average Bonchev–Trinajstić information content (AvgIpc) is 2.60. The van der Waals surface area contributed by atoms with Gasteiger partial charge < -0.3 is 5.73 Å². The fourth-order valence-electron chi connectivity index (χ4n) is 2.60. The van der Waals surface area contributed by atoms with Crippen molar-refractivity contribution in [1.82, 2.24) is 0 Å². The number of benzene rings is 3. The van der Waals surface area contributed by atoms with E-state index in [1.54, 1.807) is 11.8 Å². The van der Waals surface area contributed by atoms with E-state index in [0.717, 1.165) is 5.75 Å². The number of hydrogen-bond donors (Lipinski definition) is 1. The lowest BCUT2D eigenvalue weighted by molar-refractivity contribution is 0.822. The number of nitrogens with zero attached hydrogens (tertiary/aromatic N) is 1. The SMILES string of the molecule is C[C@H](N=C(N)SCc1cccc2ccccc12)c1ccccc1. The third kappa shape index (κ3) is 3.93. The Morgan fingerprint density at radius 2 is 1.65 bits per heavy atom. The fraction of sp³-hybridized carbons (Fsp3) is 0.150. The van der Waals surface area contributed by atoms with Gasteiger partial charge in [-0.15, -0.1) is 0 Å². The van der Waals surface area contributed by atoms with E-state index >= 15 is 0 Å². The molecule has 0 aliphatic carbocycles. The van der Waals surface area contributed by atoms with Crippen molar-refractivity contribution in [3.05, 3.63) is 83.9 Å². The van der Waals surface area contributed by atoms with Gasteiger partial charge in [0.2, 0.25) is 0 Å². The molecule has 0 radical (unpaired) electrons. The van der Waals surface area contributed by atoms with Crippen molar-refractivity contribution in [1.29, 1.82) is 0 Å². The number of amidine groups is 1. The second-order valence-corrected chi connectivity index (χ2v) is 6.48. The van der Waals surface area contributed by atoms with Crippen molar-refractivity contribution in [3.63, 3.8) is 0 Å². The molecule has 116 valence electrons. The standard InChI is InChI=1S/C20H20N2S/c1-15(16-8-3-2-4-9-16)22-20(21)23-14-18-12-7-11-17-10-5-6-13-19(17)18/h2-13,15H,14H2,1H3,(H2,21,22)/t15-/m0/s1. The summed E-state index contributed by atoms with van der Waals surface area (Å²) in [7, 11) is 0. The molecular formula is C20H20N2S. The molecule has 3 heteroatoms. The molecule has 3 aromatic carbocycles. The summed E-state index contributed by atoms with van der Waals surface area (Å²) in [6.45, 7) is 2.07. The van der Waals surface area contributed by atoms with Gasteiger partial charge in [-0.2, -0.15) is 0 Å². The van der Waals surface area contributed by atoms with Crippen LogP contribution in [0, 0.1) is 0 Å². The zero-order valence-corrected chi connectivity index (χ0v) is 14.0. The Morgan fingerprint density at radius 3 is 2.48 bits per heavy atom. The normalized spacial score (nSPS) is 13.2. The summed E-state index contributed by atoms with van der Waals surface area (Å²) >= 11 is 1.60. The van der Waals surface area contributed by atoms with Crippen molar-refractivity contribution in [3.8, 4) is 0 Å². The van der Waals surface area contributed by atoms with E-state index in [2.05, 4.69) is 66.5 Å². The van der Waals surface area contributed by atoms with E-state index in [9.17, 15) is 0 Å². The van der Waals surface area contributed by atoms with Crippen LogP contribution in [-0.4, -0.2) is 5.17 Å². The summed E-state index contributed by atoms with van der Waals surface area (Å²) in [6.07, 6.45) is 0. The van der Waals surface area contributed by atoms with Crippen LogP contribution in [0.25, 0.3) is 10.8 Å². The van der Waals surface area contributed by atoms with Crippen molar-refractivity contribution in [2.45, 2.75) is 18.7 Å². The molecule has 0 aromatic heterocycles. The van der Waals surface area contributed by atoms with Gasteiger partial charge in [0.25, 0.3) is 0 Å². The van der Waals surface area contributed by atoms with Gasteiger partial charge in [0.15, 0.2) is 5.17 Å². The van der Waals surface area contributed by atoms with Crippen LogP contribution >= 0.6 is 11.8 Å². The topological polar surface area (TPSA) is 38.4 Å². The highest BCUT2D eigenvalue weighted by molar-refractivity contribution is 8.13. The molecule has 1 atom stereocenters. The largest absolute Gasteiger partial charge is 0.379 e. The van der Waals surface area contributed by atoms with E-state index in [4.69, 9.17) is 5.73 Å². The van der Waals surface area contributed by atoms with Crippen LogP contribution in [0.15, 0.2) is 77.8 Å². The number of thioether (sulfide) groups is 1. The Morgan fingerprint density at radius 1 is 0.957 bits per heavy atom. The van der Waals surface area contributed by atoms with Gasteiger partial charge in [-0.25, -0.2) is 0 Å². The lowest BCUT2D eigenvalue weighted by atomic mass is 10.1. The molecule has 0 aliphatic heterocycles. The number of nitrogens with two attached hydrogens (primary N) is 1. The number of hydrogen-bond acceptors (Lipinski definition) is 2. The zero-order chi connectivity index (χ0) is 16.1. The predicted molar refractivity (Wildman–Crippen MR) is 102 cm³/mol.